The molecule has 1 fully saturated rings. The van der Waals surface area contributed by atoms with Gasteiger partial charge >= 0.3 is 5.97 Å². The second-order valence-corrected chi connectivity index (χ2v) is 8.54. The Labute approximate surface area is 183 Å². The van der Waals surface area contributed by atoms with Gasteiger partial charge in [0.1, 0.15) is 18.2 Å². The van der Waals surface area contributed by atoms with Crippen molar-refractivity contribution in [2.75, 3.05) is 6.61 Å². The first-order valence-corrected chi connectivity index (χ1v) is 10.9. The lowest BCUT2D eigenvalue weighted by atomic mass is 9.95. The Balaban J connectivity index is 2.15. The quantitative estimate of drug-likeness (QED) is 0.429. The van der Waals surface area contributed by atoms with Gasteiger partial charge in [-0.1, -0.05) is 45.0 Å². The van der Waals surface area contributed by atoms with Crippen LogP contribution in [0.15, 0.2) is 24.3 Å². The number of carbonyl (C=O) groups is 2. The predicted molar refractivity (Wildman–Crippen MR) is 114 cm³/mol. The number of hydrogen-bond acceptors (Lipinski definition) is 7. The molecule has 0 aliphatic carbocycles. The predicted octanol–water partition coefficient (Wildman–Crippen LogP) is 1.26. The molecule has 0 bridgehead atoms. The summed E-state index contributed by atoms with van der Waals surface area (Å²) in [6.45, 7) is 7.22. The number of nitrogens with one attached hydrogen (secondary N) is 1. The minimum Gasteiger partial charge on any atom is -0.457 e. The molecule has 6 atom stereocenters. The highest BCUT2D eigenvalue weighted by Gasteiger charge is 2.47. The summed E-state index contributed by atoms with van der Waals surface area (Å²) in [6, 6.07) is 6.54. The molecule has 0 saturated carbocycles. The highest BCUT2D eigenvalue weighted by Crippen LogP contribution is 2.26. The van der Waals surface area contributed by atoms with Gasteiger partial charge in [0.25, 0.3) is 0 Å². The number of rotatable bonds is 9. The van der Waals surface area contributed by atoms with Gasteiger partial charge in [0.2, 0.25) is 5.91 Å². The number of aliphatic hydroxyl groups is 3. The third-order valence-corrected chi connectivity index (χ3v) is 5.41. The van der Waals surface area contributed by atoms with Crippen molar-refractivity contribution in [2.45, 2.75) is 83.5 Å². The standard InChI is InChI=1S/C23H35NO7/c1-5-6-18(26)24-19-21(20(27)17(12-25)30-23(19)29)31-22(28)14(4)16-9-7-15(8-10-16)11-13(2)3/h7-10,13-14,17,19-21,23,25,27,29H,5-6,11-12H2,1-4H3,(H,24,26)/t14?,17-,19-,20-,21-,23?/m1/s1. The number of hydrogen-bond donors (Lipinski definition) is 4. The molecule has 1 aliphatic rings. The van der Waals surface area contributed by atoms with Gasteiger partial charge in [0, 0.05) is 6.42 Å². The van der Waals surface area contributed by atoms with Crippen molar-refractivity contribution >= 4 is 11.9 Å². The summed E-state index contributed by atoms with van der Waals surface area (Å²) in [5.74, 6) is -1.07. The summed E-state index contributed by atoms with van der Waals surface area (Å²) in [4.78, 5) is 24.9. The first kappa shape index (κ1) is 25.3. The Morgan fingerprint density at radius 3 is 2.35 bits per heavy atom. The zero-order valence-corrected chi connectivity index (χ0v) is 18.7. The van der Waals surface area contributed by atoms with Crippen LogP contribution in [-0.2, 0) is 25.5 Å². The number of benzene rings is 1. The Kier molecular flexibility index (Phi) is 9.43. The largest absolute Gasteiger partial charge is 0.457 e. The van der Waals surface area contributed by atoms with E-state index in [0.29, 0.717) is 12.3 Å². The average molecular weight is 438 g/mol. The molecule has 8 heteroatoms. The molecule has 1 aliphatic heterocycles. The van der Waals surface area contributed by atoms with Crippen LogP contribution < -0.4 is 5.32 Å². The second kappa shape index (κ2) is 11.6. The maximum absolute atomic E-state index is 12.8. The highest BCUT2D eigenvalue weighted by atomic mass is 16.6. The van der Waals surface area contributed by atoms with Crippen LogP contribution in [0.3, 0.4) is 0 Å². The maximum atomic E-state index is 12.8. The van der Waals surface area contributed by atoms with E-state index in [4.69, 9.17) is 9.47 Å². The van der Waals surface area contributed by atoms with Crippen molar-refractivity contribution in [2.24, 2.45) is 5.92 Å². The molecule has 8 nitrogen and oxygen atoms in total. The summed E-state index contributed by atoms with van der Waals surface area (Å²) < 4.78 is 10.7. The van der Waals surface area contributed by atoms with Gasteiger partial charge in [-0.25, -0.2) is 0 Å². The van der Waals surface area contributed by atoms with Crippen LogP contribution in [0.5, 0.6) is 0 Å². The minimum absolute atomic E-state index is 0.211. The molecule has 1 aromatic carbocycles. The molecule has 31 heavy (non-hydrogen) atoms. The fraction of sp³-hybridized carbons (Fsp3) is 0.652. The maximum Gasteiger partial charge on any atom is 0.313 e. The number of esters is 1. The molecular formula is C23H35NO7. The fourth-order valence-electron chi connectivity index (χ4n) is 3.65. The zero-order chi connectivity index (χ0) is 23.1. The zero-order valence-electron chi connectivity index (χ0n) is 18.7. The third-order valence-electron chi connectivity index (χ3n) is 5.41. The SMILES string of the molecule is CCCC(=O)N[C@H]1C(O)O[C@H](CO)[C@@H](O)[C@@H]1OC(=O)C(C)c1ccc(CC(C)C)cc1. The lowest BCUT2D eigenvalue weighted by Gasteiger charge is -2.42. The van der Waals surface area contributed by atoms with Crippen LogP contribution in [0, 0.1) is 5.92 Å². The molecule has 0 spiro atoms. The lowest BCUT2D eigenvalue weighted by Crippen LogP contribution is -2.65. The molecule has 0 radical (unpaired) electrons. The summed E-state index contributed by atoms with van der Waals surface area (Å²) in [5, 5.41) is 32.9. The van der Waals surface area contributed by atoms with E-state index in [-0.39, 0.29) is 12.3 Å². The molecule has 0 aromatic heterocycles. The van der Waals surface area contributed by atoms with Gasteiger partial charge in [-0.15, -0.1) is 0 Å². The second-order valence-electron chi connectivity index (χ2n) is 8.54. The summed E-state index contributed by atoms with van der Waals surface area (Å²) >= 11 is 0. The molecule has 1 saturated heterocycles. The van der Waals surface area contributed by atoms with Crippen LogP contribution in [0.1, 0.15) is 57.6 Å². The van der Waals surface area contributed by atoms with Crippen LogP contribution in [-0.4, -0.2) is 64.4 Å². The van der Waals surface area contributed by atoms with E-state index in [2.05, 4.69) is 19.2 Å². The number of aliphatic hydroxyl groups excluding tert-OH is 3. The van der Waals surface area contributed by atoms with Crippen LogP contribution in [0.2, 0.25) is 0 Å². The molecule has 1 amide bonds. The van der Waals surface area contributed by atoms with Crippen molar-refractivity contribution in [3.8, 4) is 0 Å². The third kappa shape index (κ3) is 6.74. The highest BCUT2D eigenvalue weighted by molar-refractivity contribution is 5.78. The van der Waals surface area contributed by atoms with Gasteiger partial charge in [-0.3, -0.25) is 9.59 Å². The lowest BCUT2D eigenvalue weighted by molar-refractivity contribution is -0.259. The van der Waals surface area contributed by atoms with Gasteiger partial charge in [-0.05, 0) is 36.8 Å². The minimum atomic E-state index is -1.54. The van der Waals surface area contributed by atoms with Crippen molar-refractivity contribution < 1.29 is 34.4 Å². The summed E-state index contributed by atoms with van der Waals surface area (Å²) in [5.41, 5.74) is 1.93. The first-order valence-electron chi connectivity index (χ1n) is 10.9. The molecule has 2 unspecified atom stereocenters. The van der Waals surface area contributed by atoms with E-state index >= 15 is 0 Å². The normalized spacial score (nSPS) is 27.0. The Bertz CT molecular complexity index is 721. The van der Waals surface area contributed by atoms with E-state index in [1.807, 2.05) is 31.2 Å². The fourth-order valence-corrected chi connectivity index (χ4v) is 3.65. The van der Waals surface area contributed by atoms with E-state index < -0.39 is 49.1 Å². The van der Waals surface area contributed by atoms with E-state index in [0.717, 1.165) is 12.0 Å². The number of ether oxygens (including phenoxy) is 2. The van der Waals surface area contributed by atoms with Gasteiger partial charge < -0.3 is 30.1 Å². The Morgan fingerprint density at radius 2 is 1.81 bits per heavy atom. The Hall–Kier alpha value is -2.00. The molecule has 1 heterocycles. The Morgan fingerprint density at radius 1 is 1.16 bits per heavy atom. The van der Waals surface area contributed by atoms with E-state index in [9.17, 15) is 24.9 Å². The number of amides is 1. The smallest absolute Gasteiger partial charge is 0.313 e. The molecule has 1 aromatic rings. The first-order chi connectivity index (χ1) is 14.7. The van der Waals surface area contributed by atoms with Gasteiger partial charge in [-0.2, -0.15) is 0 Å². The van der Waals surface area contributed by atoms with Crippen molar-refractivity contribution in [3.63, 3.8) is 0 Å². The van der Waals surface area contributed by atoms with E-state index in [1.165, 1.54) is 5.56 Å². The van der Waals surface area contributed by atoms with Gasteiger partial charge in [0.15, 0.2) is 12.4 Å². The van der Waals surface area contributed by atoms with Crippen LogP contribution >= 0.6 is 0 Å². The van der Waals surface area contributed by atoms with Crippen LogP contribution in [0.25, 0.3) is 0 Å². The van der Waals surface area contributed by atoms with Crippen molar-refractivity contribution in [3.05, 3.63) is 35.4 Å². The topological polar surface area (TPSA) is 125 Å². The van der Waals surface area contributed by atoms with Crippen molar-refractivity contribution in [1.29, 1.82) is 0 Å². The molecular weight excluding hydrogens is 402 g/mol. The summed E-state index contributed by atoms with van der Waals surface area (Å²) in [7, 11) is 0. The molecule has 174 valence electrons. The monoisotopic (exact) mass is 437 g/mol. The average Bonchev–Trinajstić information content (AvgIpc) is 2.72. The summed E-state index contributed by atoms with van der Waals surface area (Å²) in [6.07, 6.45) is -3.62. The van der Waals surface area contributed by atoms with Crippen molar-refractivity contribution in [1.82, 2.24) is 5.32 Å². The number of carbonyl (C=O) groups excluding carboxylic acids is 2. The molecule has 4 N–H and O–H groups in total. The van der Waals surface area contributed by atoms with Crippen LogP contribution in [0.4, 0.5) is 0 Å². The van der Waals surface area contributed by atoms with Gasteiger partial charge in [0.05, 0.1) is 12.5 Å². The van der Waals surface area contributed by atoms with E-state index in [1.54, 1.807) is 6.92 Å². The molecule has 2 rings (SSSR count).